The van der Waals surface area contributed by atoms with Gasteiger partial charge in [0.1, 0.15) is 5.60 Å². The van der Waals surface area contributed by atoms with Crippen LogP contribution in [0.2, 0.25) is 23.2 Å². The van der Waals surface area contributed by atoms with E-state index in [1.807, 2.05) is 67.6 Å². The van der Waals surface area contributed by atoms with Crippen molar-refractivity contribution in [3.8, 4) is 0 Å². The molecule has 352 valence electrons. The molecule has 0 bridgehead atoms. The number of hydrogen-bond acceptors (Lipinski definition) is 6. The van der Waals surface area contributed by atoms with Gasteiger partial charge < -0.3 is 23.4 Å². The fraction of sp³-hybridized carbons (Fsp3) is 0.397. The van der Waals surface area contributed by atoms with E-state index in [0.29, 0.717) is 25.7 Å². The highest BCUT2D eigenvalue weighted by Gasteiger charge is 2.51. The summed E-state index contributed by atoms with van der Waals surface area (Å²) in [5, 5.41) is 15.0. The third kappa shape index (κ3) is 13.1. The van der Waals surface area contributed by atoms with Crippen LogP contribution in [0.3, 0.4) is 0 Å². The quantitative estimate of drug-likeness (QED) is 0.0231. The van der Waals surface area contributed by atoms with Crippen LogP contribution in [0.1, 0.15) is 97.8 Å². The summed E-state index contributed by atoms with van der Waals surface area (Å²) in [4.78, 5) is 12.9. The van der Waals surface area contributed by atoms with Gasteiger partial charge in [-0.2, -0.15) is 0 Å². The van der Waals surface area contributed by atoms with Gasteiger partial charge in [0.05, 0.1) is 25.4 Å². The first-order valence-electron chi connectivity index (χ1n) is 23.9. The number of ether oxygens (including phenoxy) is 2. The SMILES string of the molecule is C/C=C/C[C@H](CC[C@H](O)[C@H](COC(c1ccccc1)(c1ccccc1)c1ccccc1)C[C@H](/C=C/C(=O)OCC)O[Si](C)(C)C(C)(C)C)O[Si](c1ccccc1)(c1ccccc1)C(C)(C)C. The average Bonchev–Trinajstić information content (AvgIpc) is 3.31. The molecule has 5 aromatic carbocycles. The third-order valence-corrected chi connectivity index (χ3v) is 22.9. The summed E-state index contributed by atoms with van der Waals surface area (Å²) in [6.07, 6.45) is 8.27. The Hall–Kier alpha value is -4.68. The first-order valence-corrected chi connectivity index (χ1v) is 28.7. The van der Waals surface area contributed by atoms with Gasteiger partial charge in [-0.05, 0) is 95.8 Å². The van der Waals surface area contributed by atoms with Crippen molar-refractivity contribution >= 4 is 33.0 Å². The van der Waals surface area contributed by atoms with Gasteiger partial charge in [0.15, 0.2) is 8.32 Å². The molecule has 5 rings (SSSR count). The number of aliphatic hydroxyl groups is 1. The van der Waals surface area contributed by atoms with Crippen LogP contribution >= 0.6 is 0 Å². The van der Waals surface area contributed by atoms with Crippen molar-refractivity contribution in [3.63, 3.8) is 0 Å². The Morgan fingerprint density at radius 1 is 0.652 bits per heavy atom. The second kappa shape index (κ2) is 23.9. The van der Waals surface area contributed by atoms with Crippen molar-refractivity contribution in [2.45, 2.75) is 128 Å². The van der Waals surface area contributed by atoms with E-state index >= 15 is 0 Å². The molecule has 1 N–H and O–H groups in total. The number of benzene rings is 5. The van der Waals surface area contributed by atoms with Gasteiger partial charge in [-0.3, -0.25) is 0 Å². The highest BCUT2D eigenvalue weighted by molar-refractivity contribution is 6.99. The molecule has 6 nitrogen and oxygen atoms in total. The van der Waals surface area contributed by atoms with Crippen LogP contribution in [0.25, 0.3) is 0 Å². The maximum absolute atomic E-state index is 12.9. The fourth-order valence-corrected chi connectivity index (χ4v) is 14.8. The Morgan fingerprint density at radius 2 is 1.11 bits per heavy atom. The minimum absolute atomic E-state index is 0.102. The van der Waals surface area contributed by atoms with E-state index in [2.05, 4.69) is 164 Å². The van der Waals surface area contributed by atoms with Gasteiger partial charge >= 0.3 is 5.97 Å². The van der Waals surface area contributed by atoms with E-state index in [0.717, 1.165) is 16.7 Å². The first-order chi connectivity index (χ1) is 31.5. The van der Waals surface area contributed by atoms with Crippen molar-refractivity contribution < 1.29 is 28.2 Å². The van der Waals surface area contributed by atoms with Crippen molar-refractivity contribution in [3.05, 3.63) is 193 Å². The molecule has 0 amide bonds. The third-order valence-electron chi connectivity index (χ3n) is 13.3. The van der Waals surface area contributed by atoms with Crippen molar-refractivity contribution in [1.82, 2.24) is 0 Å². The Bertz CT molecular complexity index is 2100. The molecule has 0 aliphatic heterocycles. The van der Waals surface area contributed by atoms with Crippen molar-refractivity contribution in [2.75, 3.05) is 13.2 Å². The van der Waals surface area contributed by atoms with Gasteiger partial charge in [0.25, 0.3) is 8.32 Å². The molecule has 4 atom stereocenters. The molecule has 0 spiro atoms. The number of rotatable bonds is 23. The van der Waals surface area contributed by atoms with Gasteiger partial charge in [-0.1, -0.05) is 205 Å². The summed E-state index contributed by atoms with van der Waals surface area (Å²) >= 11 is 0. The number of carbonyl (C=O) groups excluding carboxylic acids is 1. The van der Waals surface area contributed by atoms with Gasteiger partial charge in [-0.15, -0.1) is 0 Å². The van der Waals surface area contributed by atoms with Crippen molar-refractivity contribution in [1.29, 1.82) is 0 Å². The molecule has 5 aromatic rings. The lowest BCUT2D eigenvalue weighted by Crippen LogP contribution is -2.67. The standard InChI is InChI=1S/C58H76O6Si2/c1-11-13-35-50(64-66(57(6,7)8,52-36-25-17-26-37-52)53-38-27-18-28-39-53)40-42-54(59)46(44-51(41-43-55(60)61-12-2)63-65(9,10)56(3,4)5)45-62-58(47-29-19-14-20-30-47,48-31-21-15-22-32-48)49-33-23-16-24-34-49/h11,13-34,36-39,41,43,46,50-51,54,59H,12,35,40,42,44-45H2,1-10H3/b13-11+,43-41+/t46-,50+,51-,54-/m0/s1. The Kier molecular flexibility index (Phi) is 18.9. The molecule has 66 heavy (non-hydrogen) atoms. The molecular formula is C58H76O6Si2. The maximum atomic E-state index is 12.9. The van der Waals surface area contributed by atoms with Gasteiger partial charge in [0.2, 0.25) is 0 Å². The lowest BCUT2D eigenvalue weighted by Gasteiger charge is -2.45. The van der Waals surface area contributed by atoms with Gasteiger partial charge in [0, 0.05) is 18.1 Å². The summed E-state index contributed by atoms with van der Waals surface area (Å²) in [5.74, 6) is -0.837. The van der Waals surface area contributed by atoms with Crippen LogP contribution in [0, 0.1) is 5.92 Å². The average molecular weight is 925 g/mol. The highest BCUT2D eigenvalue weighted by atomic mass is 28.4. The van der Waals surface area contributed by atoms with Crippen molar-refractivity contribution in [2.24, 2.45) is 5.92 Å². The minimum Gasteiger partial charge on any atom is -0.463 e. The van der Waals surface area contributed by atoms with Crippen LogP contribution in [0.4, 0.5) is 0 Å². The topological polar surface area (TPSA) is 74.2 Å². The number of aliphatic hydroxyl groups excluding tert-OH is 1. The number of allylic oxidation sites excluding steroid dienone is 1. The van der Waals surface area contributed by atoms with E-state index < -0.39 is 46.3 Å². The molecule has 0 aromatic heterocycles. The van der Waals surface area contributed by atoms with Crippen LogP contribution in [0.15, 0.2) is 176 Å². The minimum atomic E-state index is -2.92. The molecule has 0 saturated heterocycles. The Balaban J connectivity index is 1.60. The second-order valence-corrected chi connectivity index (χ2v) is 29.0. The first kappa shape index (κ1) is 52.3. The van der Waals surface area contributed by atoms with E-state index in [4.69, 9.17) is 18.3 Å². The Morgan fingerprint density at radius 3 is 1.52 bits per heavy atom. The van der Waals surface area contributed by atoms with E-state index in [9.17, 15) is 9.90 Å². The number of carbonyl (C=O) groups is 1. The zero-order valence-electron chi connectivity index (χ0n) is 41.3. The Labute approximate surface area is 399 Å². The largest absolute Gasteiger partial charge is 0.463 e. The maximum Gasteiger partial charge on any atom is 0.330 e. The van der Waals surface area contributed by atoms with Crippen LogP contribution < -0.4 is 10.4 Å². The molecule has 0 saturated carbocycles. The normalized spacial score (nSPS) is 14.8. The fourth-order valence-electron chi connectivity index (χ4n) is 8.78. The lowest BCUT2D eigenvalue weighted by molar-refractivity contribution is -0.137. The smallest absolute Gasteiger partial charge is 0.330 e. The molecule has 0 heterocycles. The second-order valence-electron chi connectivity index (χ2n) is 20.0. The molecule has 0 aliphatic rings. The highest BCUT2D eigenvalue weighted by Crippen LogP contribution is 2.43. The predicted molar refractivity (Wildman–Crippen MR) is 278 cm³/mol. The molecular weight excluding hydrogens is 849 g/mol. The molecule has 0 unspecified atom stereocenters. The molecule has 0 radical (unpaired) electrons. The predicted octanol–water partition coefficient (Wildman–Crippen LogP) is 12.6. The van der Waals surface area contributed by atoms with Gasteiger partial charge in [-0.25, -0.2) is 4.79 Å². The van der Waals surface area contributed by atoms with E-state index in [1.165, 1.54) is 16.4 Å². The zero-order chi connectivity index (χ0) is 47.9. The summed E-state index contributed by atoms with van der Waals surface area (Å²) < 4.78 is 27.7. The number of esters is 1. The van der Waals surface area contributed by atoms with E-state index in [-0.39, 0.29) is 29.4 Å². The zero-order valence-corrected chi connectivity index (χ0v) is 43.3. The lowest BCUT2D eigenvalue weighted by atomic mass is 9.79. The summed E-state index contributed by atoms with van der Waals surface area (Å²) in [6, 6.07) is 52.5. The monoisotopic (exact) mass is 925 g/mol. The van der Waals surface area contributed by atoms with Crippen LogP contribution in [0.5, 0.6) is 0 Å². The molecule has 0 aliphatic carbocycles. The van der Waals surface area contributed by atoms with Crippen LogP contribution in [-0.4, -0.2) is 59.2 Å². The summed E-state index contributed by atoms with van der Waals surface area (Å²) in [6.45, 7) is 22.3. The van der Waals surface area contributed by atoms with E-state index in [1.54, 1.807) is 6.92 Å². The summed E-state index contributed by atoms with van der Waals surface area (Å²) in [5.41, 5.74) is 1.95. The van der Waals surface area contributed by atoms with Crippen LogP contribution in [-0.2, 0) is 28.7 Å². The molecule has 8 heteroatoms. The molecule has 0 fully saturated rings. The number of hydrogen-bond donors (Lipinski definition) is 1. The summed E-state index contributed by atoms with van der Waals surface area (Å²) in [7, 11) is -5.31.